The number of carboxylic acids is 1. The fourth-order valence-corrected chi connectivity index (χ4v) is 1.97. The largest absolute Gasteiger partial charge is 0.478 e. The molecular weight excluding hydrogens is 226 g/mol. The number of carbonyl (C=O) groups is 1. The number of anilines is 1. The fourth-order valence-electron chi connectivity index (χ4n) is 1.97. The number of unbranched alkanes of at least 4 members (excludes halogenated alkanes) is 1. The number of benzene rings is 1. The number of aromatic carboxylic acids is 1. The summed E-state index contributed by atoms with van der Waals surface area (Å²) in [5.41, 5.74) is 2.10. The molecule has 2 N–H and O–H groups in total. The van der Waals surface area contributed by atoms with Crippen molar-refractivity contribution in [2.45, 2.75) is 40.0 Å². The molecule has 0 unspecified atom stereocenters. The highest BCUT2D eigenvalue weighted by Crippen LogP contribution is 2.20. The molecule has 0 saturated carbocycles. The molecule has 0 atom stereocenters. The molecule has 0 aliphatic carbocycles. The van der Waals surface area contributed by atoms with Gasteiger partial charge in [-0.25, -0.2) is 4.79 Å². The van der Waals surface area contributed by atoms with Crippen molar-refractivity contribution in [3.8, 4) is 0 Å². The fraction of sp³-hybridized carbons (Fsp3) is 0.533. The lowest BCUT2D eigenvalue weighted by Gasteiger charge is -2.12. The highest BCUT2D eigenvalue weighted by molar-refractivity contribution is 5.95. The lowest BCUT2D eigenvalue weighted by molar-refractivity contribution is 0.0698. The Labute approximate surface area is 109 Å². The van der Waals surface area contributed by atoms with Gasteiger partial charge in [-0.1, -0.05) is 38.8 Å². The summed E-state index contributed by atoms with van der Waals surface area (Å²) >= 11 is 0. The summed E-state index contributed by atoms with van der Waals surface area (Å²) in [6, 6.07) is 5.36. The van der Waals surface area contributed by atoms with Crippen LogP contribution < -0.4 is 5.32 Å². The van der Waals surface area contributed by atoms with E-state index in [2.05, 4.69) is 19.2 Å². The maximum atomic E-state index is 11.1. The zero-order valence-corrected chi connectivity index (χ0v) is 11.5. The third-order valence-electron chi connectivity index (χ3n) is 3.01. The van der Waals surface area contributed by atoms with E-state index in [4.69, 9.17) is 5.11 Å². The summed E-state index contributed by atoms with van der Waals surface area (Å²) in [5, 5.41) is 12.4. The molecule has 1 aromatic rings. The van der Waals surface area contributed by atoms with Crippen LogP contribution in [0.1, 0.15) is 49.0 Å². The first-order chi connectivity index (χ1) is 8.52. The van der Waals surface area contributed by atoms with Gasteiger partial charge in [0, 0.05) is 6.54 Å². The zero-order chi connectivity index (χ0) is 13.5. The highest BCUT2D eigenvalue weighted by atomic mass is 16.4. The van der Waals surface area contributed by atoms with Gasteiger partial charge in [-0.15, -0.1) is 0 Å². The predicted molar refractivity (Wildman–Crippen MR) is 75.3 cm³/mol. The number of rotatable bonds is 7. The van der Waals surface area contributed by atoms with Crippen LogP contribution in [0.2, 0.25) is 0 Å². The molecule has 0 saturated heterocycles. The second kappa shape index (κ2) is 7.04. The third-order valence-corrected chi connectivity index (χ3v) is 3.01. The van der Waals surface area contributed by atoms with Gasteiger partial charge < -0.3 is 10.4 Å². The van der Waals surface area contributed by atoms with Crippen molar-refractivity contribution < 1.29 is 9.90 Å². The number of hydrogen-bond acceptors (Lipinski definition) is 2. The Morgan fingerprint density at radius 2 is 2.06 bits per heavy atom. The molecule has 18 heavy (non-hydrogen) atoms. The first-order valence-corrected chi connectivity index (χ1v) is 6.59. The Morgan fingerprint density at radius 1 is 1.33 bits per heavy atom. The van der Waals surface area contributed by atoms with E-state index in [9.17, 15) is 4.79 Å². The van der Waals surface area contributed by atoms with E-state index in [1.807, 2.05) is 13.0 Å². The van der Waals surface area contributed by atoms with Crippen molar-refractivity contribution in [3.63, 3.8) is 0 Å². The molecular formula is C15H23NO2. The van der Waals surface area contributed by atoms with Crippen LogP contribution in [0, 0.1) is 12.8 Å². The van der Waals surface area contributed by atoms with Gasteiger partial charge >= 0.3 is 5.97 Å². The SMILES string of the molecule is Cc1cccc(C(=O)O)c1NCCCCC(C)C. The van der Waals surface area contributed by atoms with Gasteiger partial charge in [0.2, 0.25) is 0 Å². The standard InChI is InChI=1S/C15H23NO2/c1-11(2)7-4-5-10-16-14-12(3)8-6-9-13(14)15(17)18/h6,8-9,11,16H,4-5,7,10H2,1-3H3,(H,17,18). The summed E-state index contributed by atoms with van der Waals surface area (Å²) in [6.07, 6.45) is 3.48. The minimum absolute atomic E-state index is 0.360. The van der Waals surface area contributed by atoms with Gasteiger partial charge in [-0.3, -0.25) is 0 Å². The van der Waals surface area contributed by atoms with Crippen LogP contribution in [0.3, 0.4) is 0 Å². The first kappa shape index (κ1) is 14.6. The Kier molecular flexibility index (Phi) is 5.69. The van der Waals surface area contributed by atoms with E-state index in [1.54, 1.807) is 12.1 Å². The molecule has 0 heterocycles. The second-order valence-corrected chi connectivity index (χ2v) is 5.12. The van der Waals surface area contributed by atoms with Crippen molar-refractivity contribution in [2.75, 3.05) is 11.9 Å². The molecule has 0 amide bonds. The minimum Gasteiger partial charge on any atom is -0.478 e. The average Bonchev–Trinajstić information content (AvgIpc) is 2.29. The average molecular weight is 249 g/mol. The number of nitrogens with one attached hydrogen (secondary N) is 1. The third kappa shape index (κ3) is 4.40. The Morgan fingerprint density at radius 3 is 2.67 bits per heavy atom. The quantitative estimate of drug-likeness (QED) is 0.720. The molecule has 0 spiro atoms. The van der Waals surface area contributed by atoms with Crippen LogP contribution in [0.5, 0.6) is 0 Å². The maximum Gasteiger partial charge on any atom is 0.337 e. The topological polar surface area (TPSA) is 49.3 Å². The van der Waals surface area contributed by atoms with Crippen LogP contribution >= 0.6 is 0 Å². The molecule has 0 aliphatic heterocycles. The molecule has 0 aliphatic rings. The number of para-hydroxylation sites is 1. The Hall–Kier alpha value is -1.51. The minimum atomic E-state index is -0.872. The van der Waals surface area contributed by atoms with Crippen molar-refractivity contribution >= 4 is 11.7 Å². The molecule has 1 rings (SSSR count). The van der Waals surface area contributed by atoms with Crippen LogP contribution in [-0.2, 0) is 0 Å². The molecule has 3 nitrogen and oxygen atoms in total. The summed E-state index contributed by atoms with van der Waals surface area (Å²) in [6.45, 7) is 7.20. The van der Waals surface area contributed by atoms with Crippen molar-refractivity contribution in [2.24, 2.45) is 5.92 Å². The molecule has 1 aromatic carbocycles. The van der Waals surface area contributed by atoms with Gasteiger partial charge in [0.05, 0.1) is 11.3 Å². The molecule has 0 fully saturated rings. The van der Waals surface area contributed by atoms with Gasteiger partial charge in [-0.05, 0) is 30.9 Å². The number of aryl methyl sites for hydroxylation is 1. The summed E-state index contributed by atoms with van der Waals surface area (Å²) in [4.78, 5) is 11.1. The number of hydrogen-bond donors (Lipinski definition) is 2. The van der Waals surface area contributed by atoms with Crippen LogP contribution in [0.15, 0.2) is 18.2 Å². The smallest absolute Gasteiger partial charge is 0.337 e. The van der Waals surface area contributed by atoms with E-state index in [0.717, 1.165) is 30.1 Å². The molecule has 3 heteroatoms. The lowest BCUT2D eigenvalue weighted by atomic mass is 10.1. The summed E-state index contributed by atoms with van der Waals surface area (Å²) in [5.74, 6) is -0.138. The van der Waals surface area contributed by atoms with Crippen molar-refractivity contribution in [1.82, 2.24) is 0 Å². The molecule has 0 aromatic heterocycles. The lowest BCUT2D eigenvalue weighted by Crippen LogP contribution is -2.09. The van der Waals surface area contributed by atoms with Gasteiger partial charge in [0.25, 0.3) is 0 Å². The Bertz CT molecular complexity index is 399. The monoisotopic (exact) mass is 249 g/mol. The van der Waals surface area contributed by atoms with Crippen molar-refractivity contribution in [3.05, 3.63) is 29.3 Å². The van der Waals surface area contributed by atoms with Crippen LogP contribution in [-0.4, -0.2) is 17.6 Å². The van der Waals surface area contributed by atoms with Crippen LogP contribution in [0.4, 0.5) is 5.69 Å². The molecule has 0 bridgehead atoms. The van der Waals surface area contributed by atoms with E-state index in [-0.39, 0.29) is 0 Å². The van der Waals surface area contributed by atoms with E-state index in [0.29, 0.717) is 5.56 Å². The van der Waals surface area contributed by atoms with E-state index >= 15 is 0 Å². The normalized spacial score (nSPS) is 10.7. The van der Waals surface area contributed by atoms with Gasteiger partial charge in [-0.2, -0.15) is 0 Å². The predicted octanol–water partition coefficient (Wildman–Crippen LogP) is 3.93. The summed E-state index contributed by atoms with van der Waals surface area (Å²) < 4.78 is 0. The van der Waals surface area contributed by atoms with Gasteiger partial charge in [0.15, 0.2) is 0 Å². The number of carboxylic acid groups (broad SMARTS) is 1. The maximum absolute atomic E-state index is 11.1. The van der Waals surface area contributed by atoms with Gasteiger partial charge in [0.1, 0.15) is 0 Å². The first-order valence-electron chi connectivity index (χ1n) is 6.59. The van der Waals surface area contributed by atoms with Crippen LogP contribution in [0.25, 0.3) is 0 Å². The summed E-state index contributed by atoms with van der Waals surface area (Å²) in [7, 11) is 0. The van der Waals surface area contributed by atoms with E-state index in [1.165, 1.54) is 12.8 Å². The highest BCUT2D eigenvalue weighted by Gasteiger charge is 2.10. The second-order valence-electron chi connectivity index (χ2n) is 5.12. The zero-order valence-electron chi connectivity index (χ0n) is 11.5. The van der Waals surface area contributed by atoms with E-state index < -0.39 is 5.97 Å². The molecule has 0 radical (unpaired) electrons. The molecule has 100 valence electrons. The Balaban J connectivity index is 2.53. The van der Waals surface area contributed by atoms with Crippen molar-refractivity contribution in [1.29, 1.82) is 0 Å².